The fourth-order valence-electron chi connectivity index (χ4n) is 0.894. The summed E-state index contributed by atoms with van der Waals surface area (Å²) in [4.78, 5) is 0. The molecule has 0 fully saturated rings. The van der Waals surface area contributed by atoms with E-state index in [2.05, 4.69) is 5.43 Å². The number of hydrogen-bond donors (Lipinski definition) is 2. The van der Waals surface area contributed by atoms with Crippen LogP contribution >= 0.6 is 0 Å². The summed E-state index contributed by atoms with van der Waals surface area (Å²) < 4.78 is 0. The van der Waals surface area contributed by atoms with E-state index in [1.54, 1.807) is 18.2 Å². The lowest BCUT2D eigenvalue weighted by molar-refractivity contribution is 1.32. The Labute approximate surface area is 69.8 Å². The number of rotatable bonds is 1. The highest BCUT2D eigenvalue weighted by Crippen LogP contribution is 2.17. The molecule has 0 bridgehead atoms. The van der Waals surface area contributed by atoms with Gasteiger partial charge in [-0.1, -0.05) is 6.07 Å². The zero-order valence-electron chi connectivity index (χ0n) is 6.20. The van der Waals surface area contributed by atoms with E-state index in [0.29, 0.717) is 16.8 Å². The molecule has 4 nitrogen and oxygen atoms in total. The summed E-state index contributed by atoms with van der Waals surface area (Å²) in [6, 6.07) is 8.68. The summed E-state index contributed by atoms with van der Waals surface area (Å²) in [5.74, 6) is 5.15. The van der Waals surface area contributed by atoms with Crippen molar-refractivity contribution in [2.45, 2.75) is 0 Å². The van der Waals surface area contributed by atoms with Gasteiger partial charge in [-0.05, 0) is 12.1 Å². The van der Waals surface area contributed by atoms with Gasteiger partial charge in [0.25, 0.3) is 0 Å². The molecular formula is C8H6N4. The molecule has 58 valence electrons. The van der Waals surface area contributed by atoms with Gasteiger partial charge in [0.15, 0.2) is 0 Å². The second-order valence-corrected chi connectivity index (χ2v) is 2.10. The number of para-hydroxylation sites is 1. The molecule has 0 radical (unpaired) electrons. The van der Waals surface area contributed by atoms with Crippen LogP contribution in [0.15, 0.2) is 18.2 Å². The Morgan fingerprint density at radius 2 is 1.67 bits per heavy atom. The zero-order chi connectivity index (χ0) is 8.97. The minimum absolute atomic E-state index is 0.372. The first kappa shape index (κ1) is 8.06. The standard InChI is InChI=1S/C8H6N4/c9-4-6-2-1-3-7(5-10)8(6)12-11/h1-3,12H,11H2. The van der Waals surface area contributed by atoms with Gasteiger partial charge >= 0.3 is 0 Å². The van der Waals surface area contributed by atoms with Crippen LogP contribution in [0.3, 0.4) is 0 Å². The van der Waals surface area contributed by atoms with Gasteiger partial charge in [-0.15, -0.1) is 0 Å². The van der Waals surface area contributed by atoms with Crippen LogP contribution in [0.2, 0.25) is 0 Å². The van der Waals surface area contributed by atoms with Gasteiger partial charge in [-0.25, -0.2) is 0 Å². The Morgan fingerprint density at radius 1 is 1.17 bits per heavy atom. The summed E-state index contributed by atoms with van der Waals surface area (Å²) in [5.41, 5.74) is 3.44. The summed E-state index contributed by atoms with van der Waals surface area (Å²) in [7, 11) is 0. The van der Waals surface area contributed by atoms with E-state index >= 15 is 0 Å². The fraction of sp³-hybridized carbons (Fsp3) is 0. The number of benzene rings is 1. The molecule has 1 aromatic carbocycles. The van der Waals surface area contributed by atoms with Crippen LogP contribution in [0.5, 0.6) is 0 Å². The number of hydrazine groups is 1. The molecule has 1 rings (SSSR count). The maximum absolute atomic E-state index is 8.61. The average Bonchev–Trinajstić information content (AvgIpc) is 2.16. The van der Waals surface area contributed by atoms with E-state index in [0.717, 1.165) is 0 Å². The highest BCUT2D eigenvalue weighted by atomic mass is 15.2. The molecule has 0 aliphatic carbocycles. The highest BCUT2D eigenvalue weighted by molar-refractivity contribution is 5.65. The van der Waals surface area contributed by atoms with Crippen LogP contribution in [0, 0.1) is 22.7 Å². The van der Waals surface area contributed by atoms with Crippen LogP contribution < -0.4 is 11.3 Å². The van der Waals surface area contributed by atoms with Crippen LogP contribution in [0.4, 0.5) is 5.69 Å². The molecule has 4 heteroatoms. The molecule has 0 aliphatic rings. The van der Waals surface area contributed by atoms with E-state index in [-0.39, 0.29) is 0 Å². The summed E-state index contributed by atoms with van der Waals surface area (Å²) in [6.45, 7) is 0. The fourth-order valence-corrected chi connectivity index (χ4v) is 0.894. The monoisotopic (exact) mass is 158 g/mol. The number of nitrogens with zero attached hydrogens (tertiary/aromatic N) is 2. The van der Waals surface area contributed by atoms with E-state index in [1.807, 2.05) is 12.1 Å². The van der Waals surface area contributed by atoms with Gasteiger partial charge in [-0.3, -0.25) is 5.84 Å². The first-order chi connectivity index (χ1) is 5.83. The van der Waals surface area contributed by atoms with E-state index in [1.165, 1.54) is 0 Å². The van der Waals surface area contributed by atoms with Crippen molar-refractivity contribution >= 4 is 5.69 Å². The topological polar surface area (TPSA) is 85.6 Å². The van der Waals surface area contributed by atoms with Crippen LogP contribution in [-0.2, 0) is 0 Å². The number of anilines is 1. The number of nitrogen functional groups attached to an aromatic ring is 1. The van der Waals surface area contributed by atoms with Crippen molar-refractivity contribution in [3.05, 3.63) is 29.3 Å². The van der Waals surface area contributed by atoms with Gasteiger partial charge in [0.2, 0.25) is 0 Å². The second kappa shape index (κ2) is 3.38. The molecule has 0 atom stereocenters. The van der Waals surface area contributed by atoms with Crippen LogP contribution in [0.1, 0.15) is 11.1 Å². The van der Waals surface area contributed by atoms with Crippen LogP contribution in [-0.4, -0.2) is 0 Å². The molecular weight excluding hydrogens is 152 g/mol. The minimum atomic E-state index is 0.372. The average molecular weight is 158 g/mol. The molecule has 3 N–H and O–H groups in total. The lowest BCUT2D eigenvalue weighted by Gasteiger charge is -2.03. The van der Waals surface area contributed by atoms with Gasteiger partial charge in [0.05, 0.1) is 16.8 Å². The minimum Gasteiger partial charge on any atom is -0.322 e. The zero-order valence-corrected chi connectivity index (χ0v) is 6.20. The Bertz CT molecular complexity index is 337. The third-order valence-electron chi connectivity index (χ3n) is 1.45. The number of nitrogens with one attached hydrogen (secondary N) is 1. The Kier molecular flexibility index (Phi) is 2.27. The summed E-state index contributed by atoms with van der Waals surface area (Å²) >= 11 is 0. The van der Waals surface area contributed by atoms with Gasteiger partial charge in [0.1, 0.15) is 12.1 Å². The molecule has 0 saturated carbocycles. The predicted octanol–water partition coefficient (Wildman–Crippen LogP) is 0.716. The van der Waals surface area contributed by atoms with Crippen molar-refractivity contribution in [2.24, 2.45) is 5.84 Å². The van der Waals surface area contributed by atoms with Gasteiger partial charge < -0.3 is 5.43 Å². The molecule has 0 saturated heterocycles. The quantitative estimate of drug-likeness (QED) is 0.465. The van der Waals surface area contributed by atoms with Crippen molar-refractivity contribution in [2.75, 3.05) is 5.43 Å². The maximum Gasteiger partial charge on any atom is 0.101 e. The largest absolute Gasteiger partial charge is 0.322 e. The van der Waals surface area contributed by atoms with Gasteiger partial charge in [0, 0.05) is 0 Å². The maximum atomic E-state index is 8.61. The lowest BCUT2D eigenvalue weighted by Crippen LogP contribution is -2.09. The number of nitriles is 2. The normalized spacial score (nSPS) is 8.25. The van der Waals surface area contributed by atoms with Crippen molar-refractivity contribution in [1.82, 2.24) is 0 Å². The molecule has 0 unspecified atom stereocenters. The Hall–Kier alpha value is -2.04. The molecule has 1 aromatic rings. The first-order valence-electron chi connectivity index (χ1n) is 3.23. The third-order valence-corrected chi connectivity index (χ3v) is 1.45. The molecule has 0 heterocycles. The number of hydrogen-bond acceptors (Lipinski definition) is 4. The molecule has 0 aliphatic heterocycles. The van der Waals surface area contributed by atoms with Crippen LogP contribution in [0.25, 0.3) is 0 Å². The van der Waals surface area contributed by atoms with E-state index in [9.17, 15) is 0 Å². The summed E-state index contributed by atoms with van der Waals surface area (Å²) in [5, 5.41) is 17.2. The molecule has 0 spiro atoms. The molecule has 0 aromatic heterocycles. The second-order valence-electron chi connectivity index (χ2n) is 2.10. The SMILES string of the molecule is N#Cc1cccc(C#N)c1NN. The third kappa shape index (κ3) is 1.20. The van der Waals surface area contributed by atoms with Gasteiger partial charge in [-0.2, -0.15) is 10.5 Å². The first-order valence-corrected chi connectivity index (χ1v) is 3.23. The highest BCUT2D eigenvalue weighted by Gasteiger charge is 2.04. The Morgan fingerprint density at radius 3 is 2.00 bits per heavy atom. The van der Waals surface area contributed by atoms with E-state index in [4.69, 9.17) is 16.4 Å². The van der Waals surface area contributed by atoms with Crippen molar-refractivity contribution in [1.29, 1.82) is 10.5 Å². The molecule has 12 heavy (non-hydrogen) atoms. The summed E-state index contributed by atoms with van der Waals surface area (Å²) in [6.07, 6.45) is 0. The Balaban J connectivity index is 3.37. The van der Waals surface area contributed by atoms with Crippen molar-refractivity contribution in [3.63, 3.8) is 0 Å². The van der Waals surface area contributed by atoms with Crippen molar-refractivity contribution < 1.29 is 0 Å². The lowest BCUT2D eigenvalue weighted by atomic mass is 10.1. The van der Waals surface area contributed by atoms with Crippen molar-refractivity contribution in [3.8, 4) is 12.1 Å². The predicted molar refractivity (Wildman–Crippen MR) is 43.7 cm³/mol. The van der Waals surface area contributed by atoms with E-state index < -0.39 is 0 Å². The number of nitrogens with two attached hydrogens (primary N) is 1. The molecule has 0 amide bonds. The smallest absolute Gasteiger partial charge is 0.101 e.